The van der Waals surface area contributed by atoms with E-state index in [1.807, 2.05) is 0 Å². The molecule has 0 spiro atoms. The molecule has 13 heavy (non-hydrogen) atoms. The van der Waals surface area contributed by atoms with Gasteiger partial charge in [-0.25, -0.2) is 9.18 Å². The fraction of sp³-hybridized carbons (Fsp3) is 0.125. The molecule has 0 unspecified atom stereocenters. The number of benzene rings is 1. The van der Waals surface area contributed by atoms with Crippen LogP contribution in [0.25, 0.3) is 0 Å². The molecule has 0 atom stereocenters. The van der Waals surface area contributed by atoms with Crippen molar-refractivity contribution < 1.29 is 9.18 Å². The molecule has 0 aliphatic rings. The fourth-order valence-electron chi connectivity index (χ4n) is 0.984. The highest BCUT2D eigenvalue weighted by molar-refractivity contribution is 9.10. The fourth-order valence-corrected chi connectivity index (χ4v) is 1.53. The Bertz CT molecular complexity index is 331. The van der Waals surface area contributed by atoms with Gasteiger partial charge in [-0.05, 0) is 24.6 Å². The van der Waals surface area contributed by atoms with Crippen LogP contribution in [0.2, 0.25) is 0 Å². The highest BCUT2D eigenvalue weighted by Crippen LogP contribution is 2.23. The minimum atomic E-state index is -0.774. The van der Waals surface area contributed by atoms with E-state index in [4.69, 9.17) is 5.73 Å². The number of aryl methyl sites for hydroxylation is 1. The lowest BCUT2D eigenvalue weighted by molar-refractivity contribution is 0.259. The maximum Gasteiger partial charge on any atom is 0.316 e. The monoisotopic (exact) mass is 246 g/mol. The van der Waals surface area contributed by atoms with Crippen LogP contribution in [0.4, 0.5) is 14.9 Å². The number of amides is 2. The van der Waals surface area contributed by atoms with Gasteiger partial charge in [0.25, 0.3) is 0 Å². The summed E-state index contributed by atoms with van der Waals surface area (Å²) in [6.45, 7) is 1.68. The molecule has 0 aliphatic carbocycles. The number of hydrogen-bond donors (Lipinski definition) is 2. The maximum absolute atomic E-state index is 13.2. The third-order valence-corrected chi connectivity index (χ3v) is 1.96. The predicted octanol–water partition coefficient (Wildman–Crippen LogP) is 2.39. The minimum Gasteiger partial charge on any atom is -0.351 e. The second-order valence-corrected chi connectivity index (χ2v) is 3.48. The van der Waals surface area contributed by atoms with E-state index >= 15 is 0 Å². The third-order valence-electron chi connectivity index (χ3n) is 1.50. The number of nitrogens with two attached hydrogens (primary N) is 1. The van der Waals surface area contributed by atoms with Gasteiger partial charge >= 0.3 is 6.03 Å². The Labute approximate surface area is 83.2 Å². The number of carbonyl (C=O) groups is 1. The molecule has 0 fully saturated rings. The van der Waals surface area contributed by atoms with Crippen LogP contribution < -0.4 is 11.1 Å². The summed E-state index contributed by atoms with van der Waals surface area (Å²) >= 11 is 3.13. The zero-order valence-electron chi connectivity index (χ0n) is 6.90. The van der Waals surface area contributed by atoms with Crippen LogP contribution in [-0.4, -0.2) is 6.03 Å². The van der Waals surface area contributed by atoms with Gasteiger partial charge in [0, 0.05) is 4.47 Å². The van der Waals surface area contributed by atoms with Crippen molar-refractivity contribution in [3.05, 3.63) is 28.0 Å². The number of carbonyl (C=O) groups excluding carboxylic acids is 1. The molecule has 5 heteroatoms. The van der Waals surface area contributed by atoms with Gasteiger partial charge in [0.05, 0.1) is 5.69 Å². The van der Waals surface area contributed by atoms with Crippen LogP contribution in [0.1, 0.15) is 5.56 Å². The summed E-state index contributed by atoms with van der Waals surface area (Å²) in [5, 5.41) is 2.21. The number of rotatable bonds is 1. The lowest BCUT2D eigenvalue weighted by Crippen LogP contribution is -2.20. The average molecular weight is 247 g/mol. The van der Waals surface area contributed by atoms with Crippen molar-refractivity contribution in [2.24, 2.45) is 5.73 Å². The Balaban J connectivity index is 3.13. The van der Waals surface area contributed by atoms with Crippen molar-refractivity contribution in [1.82, 2.24) is 0 Å². The Hall–Kier alpha value is -1.10. The van der Waals surface area contributed by atoms with Crippen molar-refractivity contribution in [2.45, 2.75) is 6.92 Å². The minimum absolute atomic E-state index is 0.121. The zero-order chi connectivity index (χ0) is 10.0. The number of primary amides is 1. The summed E-state index contributed by atoms with van der Waals surface area (Å²) in [7, 11) is 0. The average Bonchev–Trinajstić information content (AvgIpc) is 1.96. The lowest BCUT2D eigenvalue weighted by atomic mass is 10.2. The van der Waals surface area contributed by atoms with Crippen molar-refractivity contribution >= 4 is 27.6 Å². The normalized spacial score (nSPS) is 9.77. The van der Waals surface area contributed by atoms with E-state index in [-0.39, 0.29) is 5.69 Å². The first-order chi connectivity index (χ1) is 6.00. The number of halogens is 2. The molecule has 0 radical (unpaired) electrons. The Morgan fingerprint density at radius 3 is 2.69 bits per heavy atom. The van der Waals surface area contributed by atoms with Crippen LogP contribution in [0.3, 0.4) is 0 Å². The molecule has 3 N–H and O–H groups in total. The summed E-state index contributed by atoms with van der Waals surface area (Å²) in [6.07, 6.45) is 0. The molecule has 1 aromatic carbocycles. The maximum atomic E-state index is 13.2. The van der Waals surface area contributed by atoms with E-state index in [1.54, 1.807) is 13.0 Å². The predicted molar refractivity (Wildman–Crippen MR) is 52.0 cm³/mol. The van der Waals surface area contributed by atoms with Crippen LogP contribution >= 0.6 is 15.9 Å². The molecular weight excluding hydrogens is 239 g/mol. The van der Waals surface area contributed by atoms with E-state index < -0.39 is 11.8 Å². The van der Waals surface area contributed by atoms with Crippen LogP contribution in [0.5, 0.6) is 0 Å². The topological polar surface area (TPSA) is 55.1 Å². The van der Waals surface area contributed by atoms with Crippen molar-refractivity contribution in [3.8, 4) is 0 Å². The van der Waals surface area contributed by atoms with Gasteiger partial charge in [-0.2, -0.15) is 0 Å². The van der Waals surface area contributed by atoms with Gasteiger partial charge in [-0.1, -0.05) is 15.9 Å². The Kier molecular flexibility index (Phi) is 2.87. The molecule has 0 bridgehead atoms. The smallest absolute Gasteiger partial charge is 0.316 e. The van der Waals surface area contributed by atoms with E-state index in [9.17, 15) is 9.18 Å². The largest absolute Gasteiger partial charge is 0.351 e. The van der Waals surface area contributed by atoms with Gasteiger partial charge in [0.15, 0.2) is 0 Å². The van der Waals surface area contributed by atoms with E-state index in [1.165, 1.54) is 6.07 Å². The Morgan fingerprint density at radius 1 is 1.62 bits per heavy atom. The number of urea groups is 1. The summed E-state index contributed by atoms with van der Waals surface area (Å²) in [5.74, 6) is -0.509. The SMILES string of the molecule is Cc1cc(Br)cc(F)c1NC(N)=O. The number of anilines is 1. The van der Waals surface area contributed by atoms with E-state index in [2.05, 4.69) is 21.2 Å². The third kappa shape index (κ3) is 2.42. The summed E-state index contributed by atoms with van der Waals surface area (Å²) in [5.41, 5.74) is 5.61. The first-order valence-electron chi connectivity index (χ1n) is 3.53. The van der Waals surface area contributed by atoms with E-state index in [0.717, 1.165) is 0 Å². The quantitative estimate of drug-likeness (QED) is 0.786. The molecule has 0 aliphatic heterocycles. The highest BCUT2D eigenvalue weighted by atomic mass is 79.9. The molecule has 1 aromatic rings. The molecule has 2 amide bonds. The summed E-state index contributed by atoms with van der Waals surface area (Å²) in [6, 6.07) is 2.18. The summed E-state index contributed by atoms with van der Waals surface area (Å²) < 4.78 is 13.8. The van der Waals surface area contributed by atoms with Crippen molar-refractivity contribution in [3.63, 3.8) is 0 Å². The molecule has 3 nitrogen and oxygen atoms in total. The Morgan fingerprint density at radius 2 is 2.23 bits per heavy atom. The van der Waals surface area contributed by atoms with Crippen molar-refractivity contribution in [1.29, 1.82) is 0 Å². The van der Waals surface area contributed by atoms with Gasteiger partial charge < -0.3 is 11.1 Å². The molecule has 1 rings (SSSR count). The van der Waals surface area contributed by atoms with Gasteiger partial charge in [0.1, 0.15) is 5.82 Å². The zero-order valence-corrected chi connectivity index (χ0v) is 8.48. The second-order valence-electron chi connectivity index (χ2n) is 2.57. The first kappa shape index (κ1) is 9.98. The van der Waals surface area contributed by atoms with Crippen LogP contribution in [-0.2, 0) is 0 Å². The van der Waals surface area contributed by atoms with Crippen LogP contribution in [0.15, 0.2) is 16.6 Å². The highest BCUT2D eigenvalue weighted by Gasteiger charge is 2.08. The molecule has 0 heterocycles. The van der Waals surface area contributed by atoms with E-state index in [0.29, 0.717) is 10.0 Å². The van der Waals surface area contributed by atoms with Crippen molar-refractivity contribution in [2.75, 3.05) is 5.32 Å². The second kappa shape index (κ2) is 3.74. The van der Waals surface area contributed by atoms with Crippen LogP contribution in [0, 0.1) is 12.7 Å². The lowest BCUT2D eigenvalue weighted by Gasteiger charge is -2.07. The first-order valence-corrected chi connectivity index (χ1v) is 4.32. The molecule has 0 aromatic heterocycles. The van der Waals surface area contributed by atoms with Gasteiger partial charge in [-0.3, -0.25) is 0 Å². The van der Waals surface area contributed by atoms with Gasteiger partial charge in [-0.15, -0.1) is 0 Å². The molecular formula is C8H8BrFN2O. The summed E-state index contributed by atoms with van der Waals surface area (Å²) in [4.78, 5) is 10.5. The molecule has 0 saturated carbocycles. The van der Waals surface area contributed by atoms with Gasteiger partial charge in [0.2, 0.25) is 0 Å². The number of hydrogen-bond acceptors (Lipinski definition) is 1. The molecule has 0 saturated heterocycles. The number of nitrogens with one attached hydrogen (secondary N) is 1. The molecule has 70 valence electrons. The standard InChI is InChI=1S/C8H8BrFN2O/c1-4-2-5(9)3-6(10)7(4)12-8(11)13/h2-3H,1H3,(H3,11,12,13).